The lowest BCUT2D eigenvalue weighted by molar-refractivity contribution is 0.134. The van der Waals surface area contributed by atoms with Gasteiger partial charge in [-0.15, -0.1) is 5.10 Å². The Morgan fingerprint density at radius 1 is 1.88 bits per heavy atom. The lowest BCUT2D eigenvalue weighted by Gasteiger charge is -1.94. The van der Waals surface area contributed by atoms with Gasteiger partial charge in [-0.05, 0) is 5.21 Å². The van der Waals surface area contributed by atoms with Crippen LogP contribution < -0.4 is 10.6 Å². The lowest BCUT2D eigenvalue weighted by Crippen LogP contribution is -2.10. The third-order valence-electron chi connectivity index (χ3n) is 0.717. The number of nitrogens with two attached hydrogens (primary N) is 1. The number of nitrogens with zero attached hydrogens (tertiary/aromatic N) is 3. The molecule has 2 N–H and O–H groups in total. The van der Waals surface area contributed by atoms with Gasteiger partial charge in [-0.1, -0.05) is 4.85 Å². The van der Waals surface area contributed by atoms with Gasteiger partial charge in [0.25, 0.3) is 0 Å². The Labute approximate surface area is 46.0 Å². The highest BCUT2D eigenvalue weighted by Crippen LogP contribution is 1.90. The van der Waals surface area contributed by atoms with E-state index < -0.39 is 0 Å². The molecule has 0 aromatic carbocycles. The zero-order valence-corrected chi connectivity index (χ0v) is 4.40. The number of hydrogen-bond acceptors (Lipinski definition) is 4. The Bertz CT molecular complexity index is 172. The highest BCUT2D eigenvalue weighted by Gasteiger charge is 1.92. The van der Waals surface area contributed by atoms with Crippen molar-refractivity contribution in [2.24, 2.45) is 0 Å². The maximum Gasteiger partial charge on any atom is 0.183 e. The molecule has 0 saturated carbocycles. The summed E-state index contributed by atoms with van der Waals surface area (Å²) in [5.41, 5.74) is 5.26. The van der Waals surface area contributed by atoms with Crippen LogP contribution in [0.5, 0.6) is 0 Å². The molecule has 0 spiro atoms. The SMILES string of the molecule is COn1nncc1N. The molecule has 1 aromatic rings. The molecule has 8 heavy (non-hydrogen) atoms. The van der Waals surface area contributed by atoms with Crippen molar-refractivity contribution in [2.45, 2.75) is 0 Å². The topological polar surface area (TPSA) is 66.0 Å². The zero-order chi connectivity index (χ0) is 5.98. The Morgan fingerprint density at radius 2 is 2.62 bits per heavy atom. The molecule has 1 heterocycles. The van der Waals surface area contributed by atoms with Gasteiger partial charge in [-0.3, -0.25) is 0 Å². The van der Waals surface area contributed by atoms with Crippen molar-refractivity contribution in [1.29, 1.82) is 0 Å². The summed E-state index contributed by atoms with van der Waals surface area (Å²) in [6, 6.07) is 0. The third kappa shape index (κ3) is 0.575. The lowest BCUT2D eigenvalue weighted by atomic mass is 10.8. The Morgan fingerprint density at radius 3 is 2.88 bits per heavy atom. The molecule has 0 atom stereocenters. The predicted molar refractivity (Wildman–Crippen MR) is 26.9 cm³/mol. The van der Waals surface area contributed by atoms with E-state index in [9.17, 15) is 0 Å². The maximum atomic E-state index is 5.26. The molecule has 0 unspecified atom stereocenters. The van der Waals surface area contributed by atoms with Crippen LogP contribution in [0.2, 0.25) is 0 Å². The standard InChI is InChI=1S/C3H6N4O/c1-8-7-3(4)2-5-6-7/h2H,4H2,1H3. The van der Waals surface area contributed by atoms with Crippen molar-refractivity contribution >= 4 is 5.82 Å². The van der Waals surface area contributed by atoms with Gasteiger partial charge < -0.3 is 10.6 Å². The average Bonchev–Trinajstić information content (AvgIpc) is 2.14. The van der Waals surface area contributed by atoms with Gasteiger partial charge in [0.1, 0.15) is 7.11 Å². The molecule has 5 nitrogen and oxygen atoms in total. The minimum Gasteiger partial charge on any atom is -0.397 e. The van der Waals surface area contributed by atoms with Crippen molar-refractivity contribution in [3.05, 3.63) is 6.20 Å². The fraction of sp³-hybridized carbons (Fsp3) is 0.333. The summed E-state index contributed by atoms with van der Waals surface area (Å²) >= 11 is 0. The van der Waals surface area contributed by atoms with Gasteiger partial charge in [-0.25, -0.2) is 0 Å². The highest BCUT2D eigenvalue weighted by molar-refractivity contribution is 5.20. The Hall–Kier alpha value is -1.26. The van der Waals surface area contributed by atoms with Crippen LogP contribution in [0.15, 0.2) is 6.20 Å². The summed E-state index contributed by atoms with van der Waals surface area (Å²) in [5.74, 6) is 0.396. The molecular formula is C3H6N4O. The van der Waals surface area contributed by atoms with Crippen molar-refractivity contribution < 1.29 is 4.84 Å². The van der Waals surface area contributed by atoms with Crippen LogP contribution in [0.4, 0.5) is 5.82 Å². The number of aromatic nitrogens is 3. The van der Waals surface area contributed by atoms with E-state index in [4.69, 9.17) is 5.73 Å². The smallest absolute Gasteiger partial charge is 0.183 e. The average molecular weight is 114 g/mol. The van der Waals surface area contributed by atoms with Crippen molar-refractivity contribution in [2.75, 3.05) is 12.8 Å². The first kappa shape index (κ1) is 4.89. The Kier molecular flexibility index (Phi) is 1.03. The van der Waals surface area contributed by atoms with E-state index in [0.29, 0.717) is 5.82 Å². The van der Waals surface area contributed by atoms with E-state index in [-0.39, 0.29) is 0 Å². The summed E-state index contributed by atoms with van der Waals surface area (Å²) in [7, 11) is 1.46. The fourth-order valence-corrected chi connectivity index (χ4v) is 0.375. The molecule has 0 aliphatic heterocycles. The first-order valence-electron chi connectivity index (χ1n) is 2.05. The van der Waals surface area contributed by atoms with Crippen LogP contribution in [-0.2, 0) is 0 Å². The summed E-state index contributed by atoms with van der Waals surface area (Å²) in [6.45, 7) is 0. The molecule has 0 saturated heterocycles. The largest absolute Gasteiger partial charge is 0.397 e. The molecule has 1 rings (SSSR count). The molecule has 0 bridgehead atoms. The summed E-state index contributed by atoms with van der Waals surface area (Å²) in [4.78, 5) is 5.73. The van der Waals surface area contributed by atoms with Gasteiger partial charge in [0.2, 0.25) is 0 Å². The summed E-state index contributed by atoms with van der Waals surface area (Å²) in [6.07, 6.45) is 1.41. The second-order valence-corrected chi connectivity index (χ2v) is 1.21. The van der Waals surface area contributed by atoms with Crippen LogP contribution in [0, 0.1) is 0 Å². The van der Waals surface area contributed by atoms with Gasteiger partial charge in [-0.2, -0.15) is 0 Å². The molecule has 0 aliphatic carbocycles. The van der Waals surface area contributed by atoms with Gasteiger partial charge in [0.05, 0.1) is 6.20 Å². The van der Waals surface area contributed by atoms with E-state index in [1.165, 1.54) is 13.3 Å². The molecule has 44 valence electrons. The minimum absolute atomic E-state index is 0.396. The van der Waals surface area contributed by atoms with E-state index in [1.807, 2.05) is 0 Å². The molecule has 0 radical (unpaired) electrons. The van der Waals surface area contributed by atoms with Gasteiger partial charge in [0.15, 0.2) is 5.82 Å². The zero-order valence-electron chi connectivity index (χ0n) is 4.40. The molecule has 0 fully saturated rings. The van der Waals surface area contributed by atoms with Crippen molar-refractivity contribution in [1.82, 2.24) is 15.2 Å². The first-order valence-corrected chi connectivity index (χ1v) is 2.05. The predicted octanol–water partition coefficient (Wildman–Crippen LogP) is -1.08. The monoisotopic (exact) mass is 114 g/mol. The Balaban J connectivity index is 2.92. The van der Waals surface area contributed by atoms with Crippen LogP contribution >= 0.6 is 0 Å². The number of rotatable bonds is 1. The van der Waals surface area contributed by atoms with Crippen molar-refractivity contribution in [3.8, 4) is 0 Å². The van der Waals surface area contributed by atoms with Crippen LogP contribution in [0.3, 0.4) is 0 Å². The van der Waals surface area contributed by atoms with E-state index in [2.05, 4.69) is 15.1 Å². The van der Waals surface area contributed by atoms with Gasteiger partial charge in [0, 0.05) is 0 Å². The second kappa shape index (κ2) is 1.69. The normalized spacial score (nSPS) is 9.12. The van der Waals surface area contributed by atoms with E-state index in [1.54, 1.807) is 0 Å². The van der Waals surface area contributed by atoms with Crippen LogP contribution in [0.25, 0.3) is 0 Å². The maximum absolute atomic E-state index is 5.26. The number of nitrogen functional groups attached to an aromatic ring is 1. The summed E-state index contributed by atoms with van der Waals surface area (Å²) in [5, 5.41) is 6.91. The molecule has 1 aromatic heterocycles. The first-order chi connectivity index (χ1) is 3.84. The number of anilines is 1. The molecule has 0 aliphatic rings. The quantitative estimate of drug-likeness (QED) is 0.504. The molecule has 0 amide bonds. The fourth-order valence-electron chi connectivity index (χ4n) is 0.375. The van der Waals surface area contributed by atoms with E-state index >= 15 is 0 Å². The highest BCUT2D eigenvalue weighted by atomic mass is 16.7. The second-order valence-electron chi connectivity index (χ2n) is 1.21. The molecule has 5 heteroatoms. The van der Waals surface area contributed by atoms with Crippen molar-refractivity contribution in [3.63, 3.8) is 0 Å². The van der Waals surface area contributed by atoms with Gasteiger partial charge >= 0.3 is 0 Å². The minimum atomic E-state index is 0.396. The molecular weight excluding hydrogens is 108 g/mol. The van der Waals surface area contributed by atoms with E-state index in [0.717, 1.165) is 4.85 Å². The third-order valence-corrected chi connectivity index (χ3v) is 0.717. The number of hydrogen-bond donors (Lipinski definition) is 1. The summed E-state index contributed by atoms with van der Waals surface area (Å²) < 4.78 is 0. The van der Waals surface area contributed by atoms with Crippen LogP contribution in [-0.4, -0.2) is 22.3 Å². The van der Waals surface area contributed by atoms with Crippen LogP contribution in [0.1, 0.15) is 0 Å².